The van der Waals surface area contributed by atoms with Crippen molar-refractivity contribution in [3.8, 4) is 0 Å². The Morgan fingerprint density at radius 2 is 2.13 bits per heavy atom. The van der Waals surface area contributed by atoms with Crippen LogP contribution >= 0.6 is 34.6 Å². The van der Waals surface area contributed by atoms with Crippen LogP contribution in [0.1, 0.15) is 23.0 Å². The van der Waals surface area contributed by atoms with Crippen molar-refractivity contribution < 1.29 is 14.3 Å². The lowest BCUT2D eigenvalue weighted by molar-refractivity contribution is -0.139. The number of nitrogens with zero attached hydrogens (tertiary/aromatic N) is 3. The Bertz CT molecular complexity index is 700. The average Bonchev–Trinajstić information content (AvgIpc) is 3.11. The van der Waals surface area contributed by atoms with Crippen molar-refractivity contribution in [1.29, 1.82) is 0 Å². The molecular weight excluding hydrogens is 358 g/mol. The van der Waals surface area contributed by atoms with Crippen LogP contribution in [0.5, 0.6) is 0 Å². The molecule has 2 N–H and O–H groups in total. The molecule has 2 rings (SSSR count). The lowest BCUT2D eigenvalue weighted by atomic mass is 10.2. The number of aromatic nitrogens is 3. The molecular formula is C12H15N5O3S3. The fraction of sp³-hybridized carbons (Fsp3) is 0.417. The number of anilines is 2. The van der Waals surface area contributed by atoms with Crippen LogP contribution in [0, 0.1) is 6.92 Å². The Labute approximate surface area is 145 Å². The summed E-state index contributed by atoms with van der Waals surface area (Å²) in [5, 5.41) is 14.5. The zero-order valence-electron chi connectivity index (χ0n) is 12.7. The van der Waals surface area contributed by atoms with Crippen LogP contribution in [0.15, 0.2) is 4.34 Å². The van der Waals surface area contributed by atoms with E-state index >= 15 is 0 Å². The predicted molar refractivity (Wildman–Crippen MR) is 91.6 cm³/mol. The molecule has 2 aromatic rings. The number of nitrogens with one attached hydrogen (secondary N) is 2. The molecule has 0 atom stereocenters. The molecule has 2 heterocycles. The zero-order chi connectivity index (χ0) is 16.8. The largest absolute Gasteiger partial charge is 0.465 e. The maximum atomic E-state index is 12.3. The first-order valence-corrected chi connectivity index (χ1v) is 9.20. The van der Waals surface area contributed by atoms with E-state index in [-0.39, 0.29) is 17.6 Å². The molecule has 11 heteroatoms. The molecule has 0 saturated carbocycles. The van der Waals surface area contributed by atoms with E-state index in [1.165, 1.54) is 34.6 Å². The smallest absolute Gasteiger partial charge is 0.316 e. The van der Waals surface area contributed by atoms with Crippen molar-refractivity contribution in [3.05, 3.63) is 11.3 Å². The highest BCUT2D eigenvalue weighted by Gasteiger charge is 2.19. The zero-order valence-corrected chi connectivity index (χ0v) is 15.2. The van der Waals surface area contributed by atoms with Gasteiger partial charge in [0.15, 0.2) is 4.34 Å². The van der Waals surface area contributed by atoms with E-state index in [0.717, 1.165) is 0 Å². The standard InChI is InChI=1S/C12H15N5O3S3/c1-4-20-7(18)5-21-12-16-15-11(22-12)14-9(19)8-6(2)17-23-10(8)13-3/h13H,4-5H2,1-3H3,(H,14,15,19). The number of thioether (sulfide) groups is 1. The molecule has 0 saturated heterocycles. The minimum atomic E-state index is -0.308. The first-order valence-electron chi connectivity index (χ1n) is 6.62. The maximum Gasteiger partial charge on any atom is 0.316 e. The number of ether oxygens (including phenoxy) is 1. The Morgan fingerprint density at radius 3 is 2.83 bits per heavy atom. The van der Waals surface area contributed by atoms with Crippen LogP contribution < -0.4 is 10.6 Å². The summed E-state index contributed by atoms with van der Waals surface area (Å²) in [5.41, 5.74) is 1.15. The molecule has 0 fully saturated rings. The average molecular weight is 373 g/mol. The third kappa shape index (κ3) is 4.62. The van der Waals surface area contributed by atoms with E-state index in [2.05, 4.69) is 25.2 Å². The Balaban J connectivity index is 1.97. The van der Waals surface area contributed by atoms with E-state index in [0.29, 0.717) is 32.3 Å². The fourth-order valence-corrected chi connectivity index (χ4v) is 3.90. The second-order valence-corrected chi connectivity index (χ2v) is 7.12. The monoisotopic (exact) mass is 373 g/mol. The minimum Gasteiger partial charge on any atom is -0.465 e. The van der Waals surface area contributed by atoms with Crippen LogP contribution in [0.3, 0.4) is 0 Å². The third-order valence-corrected chi connectivity index (χ3v) is 5.46. The van der Waals surface area contributed by atoms with Crippen molar-refractivity contribution in [1.82, 2.24) is 14.6 Å². The lowest BCUT2D eigenvalue weighted by Gasteiger charge is -2.02. The van der Waals surface area contributed by atoms with Gasteiger partial charge in [0.05, 0.1) is 23.6 Å². The van der Waals surface area contributed by atoms with Crippen molar-refractivity contribution in [2.24, 2.45) is 0 Å². The number of carbonyl (C=O) groups excluding carboxylic acids is 2. The molecule has 0 aromatic carbocycles. The molecule has 0 bridgehead atoms. The van der Waals surface area contributed by atoms with E-state index in [4.69, 9.17) is 4.74 Å². The summed E-state index contributed by atoms with van der Waals surface area (Å²) in [6.07, 6.45) is 0. The normalized spacial score (nSPS) is 10.4. The number of carbonyl (C=O) groups is 2. The third-order valence-electron chi connectivity index (χ3n) is 2.56. The van der Waals surface area contributed by atoms with Crippen molar-refractivity contribution >= 4 is 56.6 Å². The predicted octanol–water partition coefficient (Wildman–Crippen LogP) is 2.25. The van der Waals surface area contributed by atoms with E-state index < -0.39 is 0 Å². The summed E-state index contributed by atoms with van der Waals surface area (Å²) in [4.78, 5) is 23.6. The SMILES string of the molecule is CCOC(=O)CSc1nnc(NC(=O)c2c(C)nsc2NC)s1. The fourth-order valence-electron chi connectivity index (χ4n) is 1.61. The second-order valence-electron chi connectivity index (χ2n) is 4.14. The molecule has 124 valence electrons. The minimum absolute atomic E-state index is 0.161. The first-order chi connectivity index (χ1) is 11.0. The van der Waals surface area contributed by atoms with Gasteiger partial charge in [-0.2, -0.15) is 4.37 Å². The molecule has 2 aromatic heterocycles. The van der Waals surface area contributed by atoms with Gasteiger partial charge in [0.2, 0.25) is 5.13 Å². The first kappa shape index (κ1) is 17.6. The molecule has 0 radical (unpaired) electrons. The van der Waals surface area contributed by atoms with E-state index in [1.807, 2.05) is 0 Å². The number of hydrogen-bond donors (Lipinski definition) is 2. The molecule has 0 unspecified atom stereocenters. The van der Waals surface area contributed by atoms with Crippen LogP contribution in [0.2, 0.25) is 0 Å². The Hall–Kier alpha value is -1.72. The van der Waals surface area contributed by atoms with Gasteiger partial charge in [0.1, 0.15) is 5.00 Å². The van der Waals surface area contributed by atoms with Gasteiger partial charge in [-0.05, 0) is 25.4 Å². The summed E-state index contributed by atoms with van der Waals surface area (Å²) < 4.78 is 9.57. The second kappa shape index (κ2) is 8.22. The molecule has 0 aliphatic carbocycles. The molecule has 1 amide bonds. The van der Waals surface area contributed by atoms with Gasteiger partial charge in [-0.3, -0.25) is 14.9 Å². The maximum absolute atomic E-state index is 12.3. The van der Waals surface area contributed by atoms with Crippen molar-refractivity contribution in [3.63, 3.8) is 0 Å². The van der Waals surface area contributed by atoms with Gasteiger partial charge < -0.3 is 10.1 Å². The van der Waals surface area contributed by atoms with Crippen molar-refractivity contribution in [2.75, 3.05) is 30.0 Å². The van der Waals surface area contributed by atoms with Gasteiger partial charge >= 0.3 is 5.97 Å². The molecule has 0 aliphatic heterocycles. The highest BCUT2D eigenvalue weighted by atomic mass is 32.2. The summed E-state index contributed by atoms with van der Waals surface area (Å²) in [5.74, 6) is -0.441. The number of rotatable bonds is 7. The molecule has 0 aliphatic rings. The van der Waals surface area contributed by atoms with E-state index in [9.17, 15) is 9.59 Å². The lowest BCUT2D eigenvalue weighted by Crippen LogP contribution is -2.13. The van der Waals surface area contributed by atoms with Gasteiger partial charge in [0.25, 0.3) is 5.91 Å². The van der Waals surface area contributed by atoms with Gasteiger partial charge in [0, 0.05) is 7.05 Å². The summed E-state index contributed by atoms with van der Waals surface area (Å²) in [6, 6.07) is 0. The number of hydrogen-bond acceptors (Lipinski definition) is 10. The molecule has 8 nitrogen and oxygen atoms in total. The van der Waals surface area contributed by atoms with Crippen LogP contribution in [-0.2, 0) is 9.53 Å². The van der Waals surface area contributed by atoms with Crippen LogP contribution in [-0.4, -0.2) is 45.9 Å². The Kier molecular flexibility index (Phi) is 6.30. The Morgan fingerprint density at radius 1 is 1.35 bits per heavy atom. The quantitative estimate of drug-likeness (QED) is 0.432. The van der Waals surface area contributed by atoms with Gasteiger partial charge in [-0.1, -0.05) is 23.1 Å². The summed E-state index contributed by atoms with van der Waals surface area (Å²) in [7, 11) is 1.73. The number of esters is 1. The van der Waals surface area contributed by atoms with Crippen molar-refractivity contribution in [2.45, 2.75) is 18.2 Å². The number of aryl methyl sites for hydroxylation is 1. The van der Waals surface area contributed by atoms with E-state index in [1.54, 1.807) is 20.9 Å². The van der Waals surface area contributed by atoms with Crippen LogP contribution in [0.25, 0.3) is 0 Å². The number of amides is 1. The summed E-state index contributed by atoms with van der Waals surface area (Å²) >= 11 is 3.65. The van der Waals surface area contributed by atoms with Crippen LogP contribution in [0.4, 0.5) is 10.1 Å². The molecule has 23 heavy (non-hydrogen) atoms. The van der Waals surface area contributed by atoms with Gasteiger partial charge in [-0.15, -0.1) is 10.2 Å². The highest BCUT2D eigenvalue weighted by molar-refractivity contribution is 8.01. The highest BCUT2D eigenvalue weighted by Crippen LogP contribution is 2.28. The van der Waals surface area contributed by atoms with Gasteiger partial charge in [-0.25, -0.2) is 0 Å². The topological polar surface area (TPSA) is 106 Å². The summed E-state index contributed by atoms with van der Waals surface area (Å²) in [6.45, 7) is 3.87. The molecule has 0 spiro atoms.